The molecule has 2 aromatic rings. The van der Waals surface area contributed by atoms with Crippen LogP contribution in [0.15, 0.2) is 72.5 Å². The van der Waals surface area contributed by atoms with Gasteiger partial charge in [0.1, 0.15) is 5.69 Å². The van der Waals surface area contributed by atoms with Crippen LogP contribution in [0.2, 0.25) is 0 Å². The van der Waals surface area contributed by atoms with E-state index in [4.69, 9.17) is 0 Å². The lowest BCUT2D eigenvalue weighted by molar-refractivity contribution is -0.384. The van der Waals surface area contributed by atoms with Crippen LogP contribution in [0.25, 0.3) is 0 Å². The first kappa shape index (κ1) is 12.8. The van der Waals surface area contributed by atoms with E-state index in [1.807, 2.05) is 41.3 Å². The van der Waals surface area contributed by atoms with Crippen LogP contribution >= 0.6 is 0 Å². The van der Waals surface area contributed by atoms with Crippen LogP contribution in [-0.4, -0.2) is 4.92 Å². The average molecular weight is 290 g/mol. The third-order valence-corrected chi connectivity index (χ3v) is 4.26. The highest BCUT2D eigenvalue weighted by Crippen LogP contribution is 2.51. The van der Waals surface area contributed by atoms with Crippen LogP contribution in [0, 0.1) is 10.1 Å². The molecule has 1 atom stereocenters. The third-order valence-electron chi connectivity index (χ3n) is 4.26. The van der Waals surface area contributed by atoms with Crippen LogP contribution in [0.3, 0.4) is 0 Å². The van der Waals surface area contributed by atoms with Crippen LogP contribution < -0.4 is 4.90 Å². The van der Waals surface area contributed by atoms with Crippen molar-refractivity contribution in [1.29, 1.82) is 0 Å². The average Bonchev–Trinajstić information content (AvgIpc) is 2.89. The zero-order chi connectivity index (χ0) is 15.1. The van der Waals surface area contributed by atoms with Crippen molar-refractivity contribution in [2.45, 2.75) is 12.3 Å². The summed E-state index contributed by atoms with van der Waals surface area (Å²) in [6.07, 6.45) is 7.16. The van der Waals surface area contributed by atoms with E-state index in [1.165, 1.54) is 5.56 Å². The molecule has 2 aromatic carbocycles. The lowest BCUT2D eigenvalue weighted by atomic mass is 9.92. The summed E-state index contributed by atoms with van der Waals surface area (Å²) in [5.41, 5.74) is 4.14. The van der Waals surface area contributed by atoms with Gasteiger partial charge >= 0.3 is 0 Å². The van der Waals surface area contributed by atoms with Crippen molar-refractivity contribution < 1.29 is 4.92 Å². The minimum atomic E-state index is -0.315. The van der Waals surface area contributed by atoms with Crippen LogP contribution in [0.4, 0.5) is 17.1 Å². The monoisotopic (exact) mass is 290 g/mol. The standard InChI is InChI=1S/C18H14N2O2/c21-20(22)18-12-6-5-11-17(18)19-15-9-3-1-7-13(15)14-8-2-4-10-16(14)19/h1-7,9-12,14H,8H2. The van der Waals surface area contributed by atoms with Gasteiger partial charge < -0.3 is 4.90 Å². The molecule has 22 heavy (non-hydrogen) atoms. The molecule has 1 aliphatic heterocycles. The Hall–Kier alpha value is -2.88. The molecular weight excluding hydrogens is 276 g/mol. The molecule has 108 valence electrons. The fraction of sp³-hybridized carbons (Fsp3) is 0.111. The van der Waals surface area contributed by atoms with E-state index >= 15 is 0 Å². The van der Waals surface area contributed by atoms with Crippen molar-refractivity contribution in [3.05, 3.63) is 88.1 Å². The zero-order valence-electron chi connectivity index (χ0n) is 11.8. The van der Waals surface area contributed by atoms with E-state index in [9.17, 15) is 10.1 Å². The molecule has 0 saturated heterocycles. The van der Waals surface area contributed by atoms with Crippen LogP contribution in [0.1, 0.15) is 17.9 Å². The maximum Gasteiger partial charge on any atom is 0.293 e. The van der Waals surface area contributed by atoms with Crippen molar-refractivity contribution in [3.8, 4) is 0 Å². The predicted octanol–water partition coefficient (Wildman–Crippen LogP) is 4.67. The molecule has 0 fully saturated rings. The molecule has 4 heteroatoms. The summed E-state index contributed by atoms with van der Waals surface area (Å²) >= 11 is 0. The number of allylic oxidation sites excluding steroid dienone is 4. The second kappa shape index (κ2) is 4.84. The SMILES string of the molecule is O=[N+]([O-])c1ccccc1N1C2=CC=CCC2c2ccccc21. The summed E-state index contributed by atoms with van der Waals surface area (Å²) in [6, 6.07) is 15.1. The molecular formula is C18H14N2O2. The smallest absolute Gasteiger partial charge is 0.293 e. The highest BCUT2D eigenvalue weighted by Gasteiger charge is 2.36. The van der Waals surface area contributed by atoms with Gasteiger partial charge in [0.05, 0.1) is 4.92 Å². The normalized spacial score (nSPS) is 18.6. The molecule has 4 nitrogen and oxygen atoms in total. The van der Waals surface area contributed by atoms with Crippen molar-refractivity contribution in [2.24, 2.45) is 0 Å². The Balaban J connectivity index is 1.96. The molecule has 4 rings (SSSR count). The minimum absolute atomic E-state index is 0.133. The number of hydrogen-bond acceptors (Lipinski definition) is 3. The second-order valence-corrected chi connectivity index (χ2v) is 5.45. The topological polar surface area (TPSA) is 46.4 Å². The summed E-state index contributed by atoms with van der Waals surface area (Å²) in [7, 11) is 0. The van der Waals surface area contributed by atoms with Crippen molar-refractivity contribution >= 4 is 17.1 Å². The van der Waals surface area contributed by atoms with E-state index in [2.05, 4.69) is 18.2 Å². The first-order chi connectivity index (χ1) is 10.8. The largest absolute Gasteiger partial charge is 0.307 e. The van der Waals surface area contributed by atoms with Gasteiger partial charge in [-0.1, -0.05) is 42.5 Å². The van der Waals surface area contributed by atoms with Crippen LogP contribution in [-0.2, 0) is 0 Å². The van der Waals surface area contributed by atoms with Gasteiger partial charge in [-0.3, -0.25) is 10.1 Å². The van der Waals surface area contributed by atoms with E-state index in [1.54, 1.807) is 12.1 Å². The second-order valence-electron chi connectivity index (χ2n) is 5.45. The first-order valence-corrected chi connectivity index (χ1v) is 7.26. The molecule has 1 unspecified atom stereocenters. The molecule has 0 bridgehead atoms. The molecule has 0 saturated carbocycles. The van der Waals surface area contributed by atoms with Gasteiger partial charge in [-0.25, -0.2) is 0 Å². The summed E-state index contributed by atoms with van der Waals surface area (Å²) in [5, 5.41) is 11.4. The van der Waals surface area contributed by atoms with E-state index < -0.39 is 0 Å². The maximum atomic E-state index is 11.4. The molecule has 2 aliphatic rings. The number of para-hydroxylation sites is 3. The first-order valence-electron chi connectivity index (χ1n) is 7.26. The lowest BCUT2D eigenvalue weighted by Gasteiger charge is -2.24. The summed E-state index contributed by atoms with van der Waals surface area (Å²) in [6.45, 7) is 0. The predicted molar refractivity (Wildman–Crippen MR) is 86.3 cm³/mol. The molecule has 0 amide bonds. The van der Waals surface area contributed by atoms with Gasteiger partial charge in [-0.15, -0.1) is 0 Å². The van der Waals surface area contributed by atoms with E-state index in [-0.39, 0.29) is 16.5 Å². The van der Waals surface area contributed by atoms with Gasteiger partial charge in [-0.2, -0.15) is 0 Å². The van der Waals surface area contributed by atoms with Crippen molar-refractivity contribution in [2.75, 3.05) is 4.90 Å². The zero-order valence-corrected chi connectivity index (χ0v) is 11.8. The highest BCUT2D eigenvalue weighted by molar-refractivity contribution is 5.83. The van der Waals surface area contributed by atoms with Gasteiger partial charge in [-0.05, 0) is 30.2 Å². The highest BCUT2D eigenvalue weighted by atomic mass is 16.6. The number of nitrogens with zero attached hydrogens (tertiary/aromatic N) is 2. The van der Waals surface area contributed by atoms with Gasteiger partial charge in [0.25, 0.3) is 5.69 Å². The van der Waals surface area contributed by atoms with Gasteiger partial charge in [0.2, 0.25) is 0 Å². The van der Waals surface area contributed by atoms with Crippen molar-refractivity contribution in [3.63, 3.8) is 0 Å². The number of rotatable bonds is 2. The molecule has 0 spiro atoms. The van der Waals surface area contributed by atoms with Crippen LogP contribution in [0.5, 0.6) is 0 Å². The Kier molecular flexibility index (Phi) is 2.82. The molecule has 1 heterocycles. The maximum absolute atomic E-state index is 11.4. The van der Waals surface area contributed by atoms with E-state index in [0.717, 1.165) is 17.8 Å². The molecule has 0 aromatic heterocycles. The van der Waals surface area contributed by atoms with E-state index in [0.29, 0.717) is 5.69 Å². The number of hydrogen-bond donors (Lipinski definition) is 0. The number of fused-ring (bicyclic) bond motifs is 3. The number of nitro benzene ring substituents is 1. The fourth-order valence-electron chi connectivity index (χ4n) is 3.34. The van der Waals surface area contributed by atoms with Gasteiger partial charge in [0, 0.05) is 23.4 Å². The Bertz CT molecular complexity index is 823. The number of nitro groups is 1. The number of anilines is 2. The summed E-state index contributed by atoms with van der Waals surface area (Å²) in [4.78, 5) is 13.1. The molecule has 0 radical (unpaired) electrons. The minimum Gasteiger partial charge on any atom is -0.307 e. The summed E-state index contributed by atoms with van der Waals surface area (Å²) in [5.74, 6) is 0.279. The fourth-order valence-corrected chi connectivity index (χ4v) is 3.34. The Morgan fingerprint density at radius 2 is 1.77 bits per heavy atom. The summed E-state index contributed by atoms with van der Waals surface area (Å²) < 4.78 is 0. The molecule has 0 N–H and O–H groups in total. The molecule has 1 aliphatic carbocycles. The van der Waals surface area contributed by atoms with Crippen molar-refractivity contribution in [1.82, 2.24) is 0 Å². The number of benzene rings is 2. The quantitative estimate of drug-likeness (QED) is 0.596. The Morgan fingerprint density at radius 3 is 2.59 bits per heavy atom. The van der Waals surface area contributed by atoms with Gasteiger partial charge in [0.15, 0.2) is 0 Å². The third kappa shape index (κ3) is 1.77. The Morgan fingerprint density at radius 1 is 1.05 bits per heavy atom. The Labute approximate surface area is 128 Å². The lowest BCUT2D eigenvalue weighted by Crippen LogP contribution is -2.15.